The monoisotopic (exact) mass is 441 g/mol. The van der Waals surface area contributed by atoms with E-state index in [4.69, 9.17) is 0 Å². The summed E-state index contributed by atoms with van der Waals surface area (Å²) >= 11 is 0. The Morgan fingerprint density at radius 2 is 1.73 bits per heavy atom. The lowest BCUT2D eigenvalue weighted by Gasteiger charge is -2.34. The number of anilines is 2. The summed E-state index contributed by atoms with van der Waals surface area (Å²) in [5, 5.41) is 14.0. The number of pyridine rings is 1. The standard InChI is InChI=1S/C27H31N5O/c1-18-4-5-21(15-24(18)28-2)25-23-14-19(17-33)16-29-27(23)30-26(25)20-6-8-22(9-7-20)32-12-10-31(3)11-13-32/h4-9,14-16,28,33H,10-13,17H2,1-3H3,(H,29,30). The highest BCUT2D eigenvalue weighted by Gasteiger charge is 2.19. The van der Waals surface area contributed by atoms with Crippen molar-refractivity contribution in [3.63, 3.8) is 0 Å². The van der Waals surface area contributed by atoms with Gasteiger partial charge in [0, 0.05) is 61.7 Å². The number of benzene rings is 2. The van der Waals surface area contributed by atoms with Crippen molar-refractivity contribution in [2.45, 2.75) is 13.5 Å². The molecule has 0 atom stereocenters. The van der Waals surface area contributed by atoms with E-state index in [1.165, 1.54) is 11.3 Å². The van der Waals surface area contributed by atoms with Crippen LogP contribution < -0.4 is 10.2 Å². The second-order valence-corrected chi connectivity index (χ2v) is 8.89. The Morgan fingerprint density at radius 3 is 2.42 bits per heavy atom. The predicted octanol–water partition coefficient (Wildman–Crippen LogP) is 4.49. The van der Waals surface area contributed by atoms with E-state index in [2.05, 4.69) is 81.5 Å². The zero-order valence-electron chi connectivity index (χ0n) is 19.5. The van der Waals surface area contributed by atoms with Gasteiger partial charge in [0.1, 0.15) is 5.65 Å². The zero-order chi connectivity index (χ0) is 22.9. The number of aryl methyl sites for hydroxylation is 1. The summed E-state index contributed by atoms with van der Waals surface area (Å²) in [5.74, 6) is 0. The Balaban J connectivity index is 1.61. The van der Waals surface area contributed by atoms with Gasteiger partial charge in [-0.1, -0.05) is 24.3 Å². The Hall–Kier alpha value is -3.35. The molecule has 0 unspecified atom stereocenters. The van der Waals surface area contributed by atoms with Gasteiger partial charge in [-0.15, -0.1) is 0 Å². The number of piperazine rings is 1. The van der Waals surface area contributed by atoms with Crippen LogP contribution in [-0.2, 0) is 6.61 Å². The number of nitrogens with one attached hydrogen (secondary N) is 2. The molecule has 2 aromatic carbocycles. The number of fused-ring (bicyclic) bond motifs is 1. The van der Waals surface area contributed by atoms with Crippen LogP contribution in [0.3, 0.4) is 0 Å². The van der Waals surface area contributed by atoms with Gasteiger partial charge >= 0.3 is 0 Å². The lowest BCUT2D eigenvalue weighted by molar-refractivity contribution is 0.281. The third-order valence-electron chi connectivity index (χ3n) is 6.71. The number of likely N-dealkylation sites (N-methyl/N-ethyl adjacent to an activating group) is 1. The number of nitrogens with zero attached hydrogens (tertiary/aromatic N) is 3. The molecule has 1 saturated heterocycles. The molecule has 0 spiro atoms. The van der Waals surface area contributed by atoms with Crippen LogP contribution in [0.15, 0.2) is 54.7 Å². The van der Waals surface area contributed by atoms with Crippen LogP contribution in [0.4, 0.5) is 11.4 Å². The van der Waals surface area contributed by atoms with E-state index in [-0.39, 0.29) is 6.61 Å². The first-order valence-electron chi connectivity index (χ1n) is 11.5. The van der Waals surface area contributed by atoms with Crippen LogP contribution in [0, 0.1) is 6.92 Å². The van der Waals surface area contributed by atoms with Gasteiger partial charge in [0.15, 0.2) is 0 Å². The Kier molecular flexibility index (Phi) is 5.79. The molecule has 0 radical (unpaired) electrons. The van der Waals surface area contributed by atoms with Crippen molar-refractivity contribution in [3.05, 3.63) is 65.9 Å². The van der Waals surface area contributed by atoms with Crippen molar-refractivity contribution in [2.24, 2.45) is 0 Å². The van der Waals surface area contributed by atoms with Gasteiger partial charge in [-0.2, -0.15) is 0 Å². The predicted molar refractivity (Wildman–Crippen MR) is 137 cm³/mol. The highest BCUT2D eigenvalue weighted by atomic mass is 16.3. The topological polar surface area (TPSA) is 67.4 Å². The molecular weight excluding hydrogens is 410 g/mol. The van der Waals surface area contributed by atoms with Gasteiger partial charge in [0.25, 0.3) is 0 Å². The van der Waals surface area contributed by atoms with Crippen LogP contribution in [-0.4, -0.2) is 60.2 Å². The van der Waals surface area contributed by atoms with Crippen LogP contribution >= 0.6 is 0 Å². The van der Waals surface area contributed by atoms with E-state index in [9.17, 15) is 5.11 Å². The van der Waals surface area contributed by atoms with Gasteiger partial charge in [0.2, 0.25) is 0 Å². The first kappa shape index (κ1) is 21.5. The molecule has 0 aliphatic carbocycles. The van der Waals surface area contributed by atoms with Crippen molar-refractivity contribution < 1.29 is 5.11 Å². The number of rotatable bonds is 5. The first-order chi connectivity index (χ1) is 16.1. The van der Waals surface area contributed by atoms with Crippen molar-refractivity contribution in [3.8, 4) is 22.4 Å². The fourth-order valence-corrected chi connectivity index (χ4v) is 4.67. The van der Waals surface area contributed by atoms with Gasteiger partial charge < -0.3 is 25.2 Å². The Morgan fingerprint density at radius 1 is 1.00 bits per heavy atom. The molecule has 0 bridgehead atoms. The van der Waals surface area contributed by atoms with Gasteiger partial charge in [-0.3, -0.25) is 0 Å². The second-order valence-electron chi connectivity index (χ2n) is 8.89. The van der Waals surface area contributed by atoms with Crippen LogP contribution in [0.25, 0.3) is 33.4 Å². The zero-order valence-corrected chi connectivity index (χ0v) is 19.5. The summed E-state index contributed by atoms with van der Waals surface area (Å²) in [7, 11) is 4.13. The van der Waals surface area contributed by atoms with Crippen LogP contribution in [0.2, 0.25) is 0 Å². The molecule has 170 valence electrons. The normalized spacial score (nSPS) is 14.7. The van der Waals surface area contributed by atoms with Crippen molar-refractivity contribution in [1.29, 1.82) is 0 Å². The number of aromatic nitrogens is 2. The van der Waals surface area contributed by atoms with Crippen LogP contribution in [0.1, 0.15) is 11.1 Å². The van der Waals surface area contributed by atoms with Crippen LogP contribution in [0.5, 0.6) is 0 Å². The van der Waals surface area contributed by atoms with Gasteiger partial charge in [0.05, 0.1) is 12.3 Å². The minimum atomic E-state index is -0.0295. The molecule has 1 fully saturated rings. The summed E-state index contributed by atoms with van der Waals surface area (Å²) in [6.07, 6.45) is 1.73. The fourth-order valence-electron chi connectivity index (χ4n) is 4.67. The molecule has 3 N–H and O–H groups in total. The van der Waals surface area contributed by atoms with Crippen molar-refractivity contribution in [1.82, 2.24) is 14.9 Å². The van der Waals surface area contributed by atoms with E-state index in [0.29, 0.717) is 0 Å². The SMILES string of the molecule is CNc1cc(-c2c(-c3ccc(N4CCN(C)CC4)cc3)[nH]c3ncc(CO)cc23)ccc1C. The lowest BCUT2D eigenvalue weighted by Crippen LogP contribution is -2.44. The molecular formula is C27H31N5O. The minimum Gasteiger partial charge on any atom is -0.392 e. The number of aromatic amines is 1. The molecule has 0 saturated carbocycles. The Labute approximate surface area is 194 Å². The molecule has 1 aliphatic heterocycles. The largest absolute Gasteiger partial charge is 0.392 e. The molecule has 1 aliphatic rings. The molecule has 6 heteroatoms. The smallest absolute Gasteiger partial charge is 0.138 e. The molecule has 0 amide bonds. The second kappa shape index (κ2) is 8.89. The lowest BCUT2D eigenvalue weighted by atomic mass is 9.96. The van der Waals surface area contributed by atoms with E-state index < -0.39 is 0 Å². The Bertz CT molecular complexity index is 1270. The third kappa shape index (κ3) is 4.08. The maximum Gasteiger partial charge on any atom is 0.138 e. The minimum absolute atomic E-state index is 0.0295. The molecule has 3 heterocycles. The first-order valence-corrected chi connectivity index (χ1v) is 11.5. The third-order valence-corrected chi connectivity index (χ3v) is 6.71. The quantitative estimate of drug-likeness (QED) is 0.426. The summed E-state index contributed by atoms with van der Waals surface area (Å²) < 4.78 is 0. The van der Waals surface area contributed by atoms with E-state index in [0.717, 1.165) is 70.8 Å². The molecule has 5 rings (SSSR count). The highest BCUT2D eigenvalue weighted by Crippen LogP contribution is 2.39. The number of H-pyrrole nitrogens is 1. The van der Waals surface area contributed by atoms with Crippen molar-refractivity contribution in [2.75, 3.05) is 50.5 Å². The van der Waals surface area contributed by atoms with Gasteiger partial charge in [-0.25, -0.2) is 4.98 Å². The molecule has 6 nitrogen and oxygen atoms in total. The van der Waals surface area contributed by atoms with Crippen molar-refractivity contribution >= 4 is 22.4 Å². The van der Waals surface area contributed by atoms with E-state index >= 15 is 0 Å². The number of hydrogen-bond acceptors (Lipinski definition) is 5. The molecule has 4 aromatic rings. The highest BCUT2D eigenvalue weighted by molar-refractivity contribution is 6.03. The average Bonchev–Trinajstić information content (AvgIpc) is 3.23. The van der Waals surface area contributed by atoms with Gasteiger partial charge in [-0.05, 0) is 60.5 Å². The number of aliphatic hydroxyl groups is 1. The summed E-state index contributed by atoms with van der Waals surface area (Å²) in [4.78, 5) is 13.0. The summed E-state index contributed by atoms with van der Waals surface area (Å²) in [6.45, 7) is 6.36. The fraction of sp³-hybridized carbons (Fsp3) is 0.296. The summed E-state index contributed by atoms with van der Waals surface area (Å²) in [6, 6.07) is 17.4. The molecule has 33 heavy (non-hydrogen) atoms. The van der Waals surface area contributed by atoms with E-state index in [1.54, 1.807) is 6.20 Å². The average molecular weight is 442 g/mol. The number of aliphatic hydroxyl groups excluding tert-OH is 1. The maximum atomic E-state index is 9.70. The molecule has 2 aromatic heterocycles. The number of hydrogen-bond donors (Lipinski definition) is 3. The van der Waals surface area contributed by atoms with E-state index in [1.807, 2.05) is 13.1 Å². The maximum absolute atomic E-state index is 9.70. The summed E-state index contributed by atoms with van der Waals surface area (Å²) in [5.41, 5.74) is 9.59.